The molecule has 2 saturated heterocycles. The molecule has 112 valence electrons. The summed E-state index contributed by atoms with van der Waals surface area (Å²) in [6.45, 7) is 3.70. The summed E-state index contributed by atoms with van der Waals surface area (Å²) in [5.74, 6) is 4.26. The van der Waals surface area contributed by atoms with E-state index >= 15 is 0 Å². The molecule has 0 aromatic carbocycles. The third kappa shape index (κ3) is 3.38. The minimum atomic E-state index is 0.145. The fourth-order valence-electron chi connectivity index (χ4n) is 3.12. The average Bonchev–Trinajstić information content (AvgIpc) is 2.94. The van der Waals surface area contributed by atoms with Crippen LogP contribution in [0.5, 0.6) is 0 Å². The van der Waals surface area contributed by atoms with Crippen LogP contribution in [0.25, 0.3) is 0 Å². The zero-order valence-corrected chi connectivity index (χ0v) is 13.0. The predicted molar refractivity (Wildman–Crippen MR) is 81.0 cm³/mol. The Morgan fingerprint density at radius 1 is 1.45 bits per heavy atom. The van der Waals surface area contributed by atoms with E-state index in [0.29, 0.717) is 6.04 Å². The second kappa shape index (κ2) is 6.50. The van der Waals surface area contributed by atoms with Crippen molar-refractivity contribution < 1.29 is 9.15 Å². The molecule has 20 heavy (non-hydrogen) atoms. The third-order valence-corrected chi connectivity index (χ3v) is 5.37. The van der Waals surface area contributed by atoms with Crippen LogP contribution in [0.15, 0.2) is 10.6 Å². The Labute approximate surface area is 125 Å². The standard InChI is InChI=1S/C15H24N2O2S/c1-2-13-10-17-14(19-13)11-16-12-3-6-18-15(9-12)4-7-20-8-5-15/h10,12,16H,2-9,11H2,1H3. The molecule has 0 aliphatic carbocycles. The first kappa shape index (κ1) is 14.4. The monoisotopic (exact) mass is 296 g/mol. The van der Waals surface area contributed by atoms with Gasteiger partial charge in [0.1, 0.15) is 5.76 Å². The molecule has 2 aliphatic rings. The van der Waals surface area contributed by atoms with Crippen LogP contribution in [-0.4, -0.2) is 34.7 Å². The van der Waals surface area contributed by atoms with Gasteiger partial charge in [-0.1, -0.05) is 6.92 Å². The molecule has 0 amide bonds. The first-order valence-electron chi connectivity index (χ1n) is 7.68. The fraction of sp³-hybridized carbons (Fsp3) is 0.800. The van der Waals surface area contributed by atoms with Gasteiger partial charge in [-0.15, -0.1) is 0 Å². The number of oxazole rings is 1. The van der Waals surface area contributed by atoms with Gasteiger partial charge in [-0.3, -0.25) is 0 Å². The predicted octanol–water partition coefficient (Wildman–Crippen LogP) is 2.77. The van der Waals surface area contributed by atoms with E-state index in [9.17, 15) is 0 Å². The molecule has 1 atom stereocenters. The summed E-state index contributed by atoms with van der Waals surface area (Å²) >= 11 is 2.05. The minimum Gasteiger partial charge on any atom is -0.444 e. The molecule has 0 radical (unpaired) electrons. The summed E-state index contributed by atoms with van der Waals surface area (Å²) in [5, 5.41) is 3.60. The van der Waals surface area contributed by atoms with Crippen molar-refractivity contribution in [1.29, 1.82) is 0 Å². The van der Waals surface area contributed by atoms with Gasteiger partial charge in [0.25, 0.3) is 0 Å². The highest BCUT2D eigenvalue weighted by atomic mass is 32.2. The molecule has 2 fully saturated rings. The first-order chi connectivity index (χ1) is 9.80. The molecule has 1 N–H and O–H groups in total. The number of aromatic nitrogens is 1. The lowest BCUT2D eigenvalue weighted by atomic mass is 9.85. The number of hydrogen-bond donors (Lipinski definition) is 1. The van der Waals surface area contributed by atoms with E-state index in [-0.39, 0.29) is 5.60 Å². The van der Waals surface area contributed by atoms with Crippen LogP contribution >= 0.6 is 11.8 Å². The largest absolute Gasteiger partial charge is 0.444 e. The van der Waals surface area contributed by atoms with Crippen molar-refractivity contribution in [1.82, 2.24) is 10.3 Å². The van der Waals surface area contributed by atoms with Crippen molar-refractivity contribution in [3.8, 4) is 0 Å². The Kier molecular flexibility index (Phi) is 4.68. The van der Waals surface area contributed by atoms with Crippen molar-refractivity contribution in [3.05, 3.63) is 17.8 Å². The second-order valence-corrected chi connectivity index (χ2v) is 7.01. The van der Waals surface area contributed by atoms with Gasteiger partial charge in [0, 0.05) is 19.1 Å². The van der Waals surface area contributed by atoms with Crippen LogP contribution in [0.4, 0.5) is 0 Å². The van der Waals surface area contributed by atoms with Gasteiger partial charge in [0.2, 0.25) is 5.89 Å². The smallest absolute Gasteiger partial charge is 0.208 e. The van der Waals surface area contributed by atoms with Crippen LogP contribution in [0.2, 0.25) is 0 Å². The summed E-state index contributed by atoms with van der Waals surface area (Å²) in [5.41, 5.74) is 0.145. The highest BCUT2D eigenvalue weighted by Gasteiger charge is 2.38. The molecule has 3 rings (SSSR count). The molecular weight excluding hydrogens is 272 g/mol. The summed E-state index contributed by atoms with van der Waals surface area (Å²) in [6, 6.07) is 0.531. The van der Waals surface area contributed by atoms with E-state index in [1.807, 2.05) is 6.20 Å². The molecule has 1 unspecified atom stereocenters. The number of thioether (sulfide) groups is 1. The molecule has 5 heteroatoms. The summed E-state index contributed by atoms with van der Waals surface area (Å²) < 4.78 is 11.8. The zero-order valence-electron chi connectivity index (χ0n) is 12.2. The molecule has 2 aliphatic heterocycles. The molecule has 4 nitrogen and oxygen atoms in total. The van der Waals surface area contributed by atoms with E-state index in [2.05, 4.69) is 29.0 Å². The SMILES string of the molecule is CCc1cnc(CNC2CCOC3(CCSCC3)C2)o1. The van der Waals surface area contributed by atoms with Crippen molar-refractivity contribution in [2.75, 3.05) is 18.1 Å². The van der Waals surface area contributed by atoms with Crippen LogP contribution in [0.1, 0.15) is 44.3 Å². The maximum atomic E-state index is 6.12. The summed E-state index contributed by atoms with van der Waals surface area (Å²) in [6.07, 6.45) is 7.38. The Balaban J connectivity index is 1.52. The Bertz CT molecular complexity index is 424. The van der Waals surface area contributed by atoms with Crippen LogP contribution in [0.3, 0.4) is 0 Å². The first-order valence-corrected chi connectivity index (χ1v) is 8.84. The molecule has 1 aromatic heterocycles. The van der Waals surface area contributed by atoms with Gasteiger partial charge in [-0.2, -0.15) is 11.8 Å². The van der Waals surface area contributed by atoms with Gasteiger partial charge in [0.15, 0.2) is 0 Å². The van der Waals surface area contributed by atoms with E-state index in [0.717, 1.165) is 44.1 Å². The highest BCUT2D eigenvalue weighted by molar-refractivity contribution is 7.99. The number of nitrogens with zero attached hydrogens (tertiary/aromatic N) is 1. The quantitative estimate of drug-likeness (QED) is 0.926. The minimum absolute atomic E-state index is 0.145. The van der Waals surface area contributed by atoms with Crippen molar-refractivity contribution in [2.24, 2.45) is 0 Å². The second-order valence-electron chi connectivity index (χ2n) is 5.79. The lowest BCUT2D eigenvalue weighted by Gasteiger charge is -2.43. The number of rotatable bonds is 4. The van der Waals surface area contributed by atoms with Gasteiger partial charge in [0.05, 0.1) is 18.3 Å². The van der Waals surface area contributed by atoms with Crippen molar-refractivity contribution >= 4 is 11.8 Å². The highest BCUT2D eigenvalue weighted by Crippen LogP contribution is 2.37. The molecular formula is C15H24N2O2S. The van der Waals surface area contributed by atoms with E-state index in [1.54, 1.807) is 0 Å². The van der Waals surface area contributed by atoms with E-state index in [4.69, 9.17) is 9.15 Å². The Morgan fingerprint density at radius 3 is 3.05 bits per heavy atom. The van der Waals surface area contributed by atoms with Gasteiger partial charge in [-0.05, 0) is 37.2 Å². The zero-order chi connectivity index (χ0) is 13.8. The van der Waals surface area contributed by atoms with Gasteiger partial charge < -0.3 is 14.5 Å². The van der Waals surface area contributed by atoms with Crippen molar-refractivity contribution in [3.63, 3.8) is 0 Å². The number of hydrogen-bond acceptors (Lipinski definition) is 5. The maximum absolute atomic E-state index is 6.12. The molecule has 0 bridgehead atoms. The van der Waals surface area contributed by atoms with Gasteiger partial charge in [-0.25, -0.2) is 4.98 Å². The molecule has 3 heterocycles. The van der Waals surface area contributed by atoms with Gasteiger partial charge >= 0.3 is 0 Å². The summed E-state index contributed by atoms with van der Waals surface area (Å²) in [4.78, 5) is 4.31. The van der Waals surface area contributed by atoms with E-state index < -0.39 is 0 Å². The molecule has 0 saturated carbocycles. The number of aryl methyl sites for hydroxylation is 1. The third-order valence-electron chi connectivity index (χ3n) is 4.39. The molecule has 1 aromatic rings. The Morgan fingerprint density at radius 2 is 2.30 bits per heavy atom. The number of ether oxygens (including phenoxy) is 1. The van der Waals surface area contributed by atoms with Crippen LogP contribution < -0.4 is 5.32 Å². The summed E-state index contributed by atoms with van der Waals surface area (Å²) in [7, 11) is 0. The van der Waals surface area contributed by atoms with Crippen LogP contribution in [0, 0.1) is 0 Å². The Hall–Kier alpha value is -0.520. The van der Waals surface area contributed by atoms with Crippen LogP contribution in [-0.2, 0) is 17.7 Å². The lowest BCUT2D eigenvalue weighted by Crippen LogP contribution is -2.48. The van der Waals surface area contributed by atoms with E-state index in [1.165, 1.54) is 24.3 Å². The lowest BCUT2D eigenvalue weighted by molar-refractivity contribution is -0.0935. The molecule has 1 spiro atoms. The average molecular weight is 296 g/mol. The van der Waals surface area contributed by atoms with Crippen molar-refractivity contribution in [2.45, 2.75) is 57.2 Å². The topological polar surface area (TPSA) is 47.3 Å². The number of nitrogens with one attached hydrogen (secondary N) is 1. The normalized spacial score (nSPS) is 25.9. The fourth-order valence-corrected chi connectivity index (χ4v) is 4.36. The maximum Gasteiger partial charge on any atom is 0.208 e.